The van der Waals surface area contributed by atoms with Crippen molar-refractivity contribution in [2.75, 3.05) is 16.8 Å². The van der Waals surface area contributed by atoms with Crippen molar-refractivity contribution in [3.8, 4) is 17.3 Å². The van der Waals surface area contributed by atoms with Crippen molar-refractivity contribution in [3.05, 3.63) is 65.6 Å². The average molecular weight is 404 g/mol. The monoisotopic (exact) mass is 404 g/mol. The van der Waals surface area contributed by atoms with E-state index < -0.39 is 5.60 Å². The summed E-state index contributed by atoms with van der Waals surface area (Å²) in [6, 6.07) is 12.8. The fourth-order valence-corrected chi connectivity index (χ4v) is 3.20. The molecule has 1 aliphatic rings. The molecule has 8 heteroatoms. The van der Waals surface area contributed by atoms with Gasteiger partial charge in [0.25, 0.3) is 0 Å². The molecule has 0 spiro atoms. The zero-order chi connectivity index (χ0) is 21.3. The highest BCUT2D eigenvalue weighted by Gasteiger charge is 2.27. The molecule has 2 aromatic heterocycles. The molecule has 1 aromatic carbocycles. The molecule has 3 aromatic rings. The Morgan fingerprint density at radius 2 is 2.10 bits per heavy atom. The van der Waals surface area contributed by atoms with Gasteiger partial charge in [-0.1, -0.05) is 12.1 Å². The maximum Gasteiger partial charge on any atom is 0.247 e. The van der Waals surface area contributed by atoms with E-state index in [-0.39, 0.29) is 21.8 Å². The third-order valence-corrected chi connectivity index (χ3v) is 4.80. The Labute approximate surface area is 176 Å². The van der Waals surface area contributed by atoms with Crippen LogP contribution in [0.2, 0.25) is 0 Å². The maximum atomic E-state index is 12.6. The number of carbonyl (C=O) groups excluding carboxylic acids is 1. The van der Waals surface area contributed by atoms with Crippen LogP contribution in [0.5, 0.6) is 0 Å². The highest BCUT2D eigenvalue weighted by Crippen LogP contribution is 2.30. The molecular weight excluding hydrogens is 380 g/mol. The van der Waals surface area contributed by atoms with Gasteiger partial charge in [-0.05, 0) is 43.7 Å². The van der Waals surface area contributed by atoms with Crippen LogP contribution in [-0.2, 0) is 16.9 Å². The standard InChI is InChI=1S/C22H20N6O2.2H2/c1-22(2,30)18-7-6-16(10-24-18)17-11-25-20-21(27-17)28(19(29)12-26-20)13-15-5-3-4-14(8-15)9-23;;/h3-8,10-11,30H,12-13H2,1-2H3,(H,25,26);2*1H. The van der Waals surface area contributed by atoms with Crippen LogP contribution in [0.3, 0.4) is 0 Å². The highest BCUT2D eigenvalue weighted by atomic mass is 16.3. The fraction of sp³-hybridized carbons (Fsp3) is 0.227. The van der Waals surface area contributed by atoms with Crippen LogP contribution in [-0.4, -0.2) is 32.5 Å². The fourth-order valence-electron chi connectivity index (χ4n) is 3.20. The maximum absolute atomic E-state index is 12.6. The van der Waals surface area contributed by atoms with E-state index >= 15 is 0 Å². The normalized spacial score (nSPS) is 13.4. The van der Waals surface area contributed by atoms with E-state index in [4.69, 9.17) is 5.26 Å². The lowest BCUT2D eigenvalue weighted by Gasteiger charge is -2.28. The first kappa shape index (κ1) is 19.5. The lowest BCUT2D eigenvalue weighted by Crippen LogP contribution is -2.40. The van der Waals surface area contributed by atoms with Crippen LogP contribution < -0.4 is 10.2 Å². The van der Waals surface area contributed by atoms with Crippen LogP contribution in [0.4, 0.5) is 11.6 Å². The van der Waals surface area contributed by atoms with Gasteiger partial charge in [-0.2, -0.15) is 5.26 Å². The molecular formula is C22H24N6O2. The largest absolute Gasteiger partial charge is 0.384 e. The molecule has 8 nitrogen and oxygen atoms in total. The second-order valence-corrected chi connectivity index (χ2v) is 7.56. The van der Waals surface area contributed by atoms with E-state index in [1.165, 1.54) is 0 Å². The first-order chi connectivity index (χ1) is 14.3. The van der Waals surface area contributed by atoms with E-state index in [0.29, 0.717) is 28.6 Å². The van der Waals surface area contributed by atoms with Gasteiger partial charge in [-0.15, -0.1) is 0 Å². The molecule has 30 heavy (non-hydrogen) atoms. The number of fused-ring (bicyclic) bond motifs is 1. The zero-order valence-electron chi connectivity index (χ0n) is 16.6. The third-order valence-electron chi connectivity index (χ3n) is 4.80. The van der Waals surface area contributed by atoms with Gasteiger partial charge in [-0.3, -0.25) is 14.7 Å². The molecule has 0 radical (unpaired) electrons. The van der Waals surface area contributed by atoms with Crippen molar-refractivity contribution < 1.29 is 12.8 Å². The summed E-state index contributed by atoms with van der Waals surface area (Å²) in [5.41, 5.74) is 2.17. The van der Waals surface area contributed by atoms with Crippen molar-refractivity contribution in [3.63, 3.8) is 0 Å². The topological polar surface area (TPSA) is 115 Å². The average Bonchev–Trinajstić information content (AvgIpc) is 2.75. The first-order valence-corrected chi connectivity index (χ1v) is 9.45. The highest BCUT2D eigenvalue weighted by molar-refractivity contribution is 6.00. The number of nitrogens with one attached hydrogen (secondary N) is 1. The van der Waals surface area contributed by atoms with Gasteiger partial charge in [0.15, 0.2) is 11.6 Å². The van der Waals surface area contributed by atoms with Crippen molar-refractivity contribution in [2.45, 2.75) is 26.0 Å². The van der Waals surface area contributed by atoms with Crippen molar-refractivity contribution in [2.24, 2.45) is 0 Å². The number of nitriles is 1. The molecule has 0 fully saturated rings. The molecule has 0 aliphatic carbocycles. The second kappa shape index (κ2) is 7.54. The van der Waals surface area contributed by atoms with Gasteiger partial charge >= 0.3 is 0 Å². The van der Waals surface area contributed by atoms with Crippen LogP contribution >= 0.6 is 0 Å². The second-order valence-electron chi connectivity index (χ2n) is 7.56. The van der Waals surface area contributed by atoms with E-state index in [1.807, 2.05) is 12.1 Å². The van der Waals surface area contributed by atoms with Gasteiger partial charge in [0.2, 0.25) is 5.91 Å². The van der Waals surface area contributed by atoms with E-state index in [2.05, 4.69) is 26.3 Å². The first-order valence-electron chi connectivity index (χ1n) is 9.45. The molecule has 0 atom stereocenters. The summed E-state index contributed by atoms with van der Waals surface area (Å²) >= 11 is 0. The molecule has 0 saturated heterocycles. The minimum Gasteiger partial charge on any atom is -0.384 e. The quantitative estimate of drug-likeness (QED) is 0.686. The number of amides is 1. The van der Waals surface area contributed by atoms with Gasteiger partial charge in [-0.25, -0.2) is 9.97 Å². The lowest BCUT2D eigenvalue weighted by molar-refractivity contribution is -0.117. The Bertz CT molecular complexity index is 1160. The molecule has 1 amide bonds. The predicted octanol–water partition coefficient (Wildman–Crippen LogP) is 3.09. The summed E-state index contributed by atoms with van der Waals surface area (Å²) in [6.45, 7) is 3.76. The van der Waals surface area contributed by atoms with E-state index in [1.54, 1.807) is 55.4 Å². The SMILES string of the molecule is CC(C)(O)c1ccc(-c2cnc3c(n2)N(Cc2cccc(C#N)c2)C(=O)CN3)cn1.[HH].[HH]. The van der Waals surface area contributed by atoms with Gasteiger partial charge < -0.3 is 10.4 Å². The van der Waals surface area contributed by atoms with Crippen LogP contribution in [0.15, 0.2) is 48.8 Å². The third kappa shape index (κ3) is 3.83. The Hall–Kier alpha value is -3.83. The summed E-state index contributed by atoms with van der Waals surface area (Å²) in [7, 11) is 0. The van der Waals surface area contributed by atoms with Crippen molar-refractivity contribution >= 4 is 17.5 Å². The molecule has 0 bridgehead atoms. The Morgan fingerprint density at radius 3 is 2.80 bits per heavy atom. The van der Waals surface area contributed by atoms with Gasteiger partial charge in [0, 0.05) is 14.6 Å². The number of aliphatic hydroxyl groups is 1. The Kier molecular flexibility index (Phi) is 4.90. The number of hydrogen-bond acceptors (Lipinski definition) is 7. The van der Waals surface area contributed by atoms with Crippen molar-refractivity contribution in [1.29, 1.82) is 5.26 Å². The van der Waals surface area contributed by atoms with Gasteiger partial charge in [0.05, 0.1) is 42.3 Å². The number of rotatable bonds is 4. The predicted molar refractivity (Wildman–Crippen MR) is 116 cm³/mol. The molecule has 154 valence electrons. The van der Waals surface area contributed by atoms with Crippen LogP contribution in [0.25, 0.3) is 11.3 Å². The summed E-state index contributed by atoms with van der Waals surface area (Å²) in [5.74, 6) is 0.820. The number of hydrogen-bond donors (Lipinski definition) is 2. The van der Waals surface area contributed by atoms with E-state index in [9.17, 15) is 9.90 Å². The number of carbonyl (C=O) groups is 1. The van der Waals surface area contributed by atoms with Crippen molar-refractivity contribution in [1.82, 2.24) is 15.0 Å². The number of anilines is 2. The Morgan fingerprint density at radius 1 is 1.27 bits per heavy atom. The van der Waals surface area contributed by atoms with E-state index in [0.717, 1.165) is 11.1 Å². The number of nitrogens with zero attached hydrogens (tertiary/aromatic N) is 5. The summed E-state index contributed by atoms with van der Waals surface area (Å²) in [5, 5.41) is 22.2. The summed E-state index contributed by atoms with van der Waals surface area (Å²) < 4.78 is 0. The summed E-state index contributed by atoms with van der Waals surface area (Å²) in [6.07, 6.45) is 3.25. The van der Waals surface area contributed by atoms with Gasteiger partial charge in [0.1, 0.15) is 5.60 Å². The molecule has 4 rings (SSSR count). The summed E-state index contributed by atoms with van der Waals surface area (Å²) in [4.78, 5) is 27.6. The number of pyridine rings is 1. The molecule has 0 unspecified atom stereocenters. The Balaban J connectivity index is 0.00000181. The number of aromatic nitrogens is 3. The smallest absolute Gasteiger partial charge is 0.247 e. The zero-order valence-corrected chi connectivity index (χ0v) is 16.6. The molecule has 0 saturated carbocycles. The molecule has 3 heterocycles. The molecule has 2 N–H and O–H groups in total. The van der Waals surface area contributed by atoms with Crippen LogP contribution in [0, 0.1) is 11.3 Å². The lowest BCUT2D eigenvalue weighted by atomic mass is 10.0. The van der Waals surface area contributed by atoms with Crippen LogP contribution in [0.1, 0.15) is 33.5 Å². The minimum absolute atomic E-state index is 0. The minimum atomic E-state index is -1.04. The number of benzene rings is 1. The molecule has 1 aliphatic heterocycles.